The molecular formula is C19H33NOSi. The van der Waals surface area contributed by atoms with Crippen molar-refractivity contribution in [2.24, 2.45) is 11.8 Å². The summed E-state index contributed by atoms with van der Waals surface area (Å²) in [6.07, 6.45) is 10.6. The van der Waals surface area contributed by atoms with Gasteiger partial charge < -0.3 is 4.43 Å². The highest BCUT2D eigenvalue weighted by Gasteiger charge is 2.40. The molecular weight excluding hydrogens is 286 g/mol. The van der Waals surface area contributed by atoms with Crippen molar-refractivity contribution in [3.05, 3.63) is 12.7 Å². The molecule has 3 atom stereocenters. The summed E-state index contributed by atoms with van der Waals surface area (Å²) in [6, 6.07) is 2.23. The van der Waals surface area contributed by atoms with E-state index in [-0.39, 0.29) is 11.1 Å². The van der Waals surface area contributed by atoms with Crippen LogP contribution in [0.25, 0.3) is 0 Å². The van der Waals surface area contributed by atoms with E-state index in [0.717, 1.165) is 19.3 Å². The number of unbranched alkanes of at least 4 members (excludes halogenated alkanes) is 1. The van der Waals surface area contributed by atoms with Crippen molar-refractivity contribution in [1.29, 1.82) is 5.26 Å². The minimum absolute atomic E-state index is 0.0166. The summed E-state index contributed by atoms with van der Waals surface area (Å²) in [5.74, 6) is 3.47. The van der Waals surface area contributed by atoms with Gasteiger partial charge in [-0.15, -0.1) is 18.9 Å². The van der Waals surface area contributed by atoms with E-state index in [1.807, 2.05) is 6.08 Å². The maximum Gasteiger partial charge on any atom is 0.192 e. The minimum atomic E-state index is -1.86. The number of rotatable bonds is 9. The number of nitrogens with zero attached hydrogens (tertiary/aromatic N) is 1. The molecule has 3 heteroatoms. The summed E-state index contributed by atoms with van der Waals surface area (Å²) < 4.78 is 6.58. The summed E-state index contributed by atoms with van der Waals surface area (Å²) in [4.78, 5) is 0. The standard InChI is InChI=1S/C19H33NOSi/c1-9-13-16(3)17(14-11-12-15-20)18(10-2)21-22(7,8)19(4,5)6/h1,10,16-18H,2,11-14H2,3-8H3/t16-,17+,18-/m1/s1. The molecule has 0 radical (unpaired) electrons. The van der Waals surface area contributed by atoms with Gasteiger partial charge in [-0.25, -0.2) is 0 Å². The number of terminal acetylenes is 1. The fourth-order valence-electron chi connectivity index (χ4n) is 2.35. The molecule has 0 rings (SSSR count). The Morgan fingerprint density at radius 2 is 1.95 bits per heavy atom. The van der Waals surface area contributed by atoms with Crippen LogP contribution in [0, 0.1) is 35.5 Å². The van der Waals surface area contributed by atoms with Crippen LogP contribution >= 0.6 is 0 Å². The van der Waals surface area contributed by atoms with Crippen LogP contribution in [-0.2, 0) is 4.43 Å². The zero-order valence-corrected chi connectivity index (χ0v) is 16.3. The van der Waals surface area contributed by atoms with Crippen molar-refractivity contribution in [3.63, 3.8) is 0 Å². The Bertz CT molecular complexity index is 422. The molecule has 0 spiro atoms. The Kier molecular flexibility index (Phi) is 8.75. The molecule has 0 aliphatic carbocycles. The Labute approximate surface area is 139 Å². The van der Waals surface area contributed by atoms with E-state index in [1.54, 1.807) is 0 Å². The molecule has 0 N–H and O–H groups in total. The van der Waals surface area contributed by atoms with Crippen LogP contribution in [-0.4, -0.2) is 14.4 Å². The quantitative estimate of drug-likeness (QED) is 0.242. The average molecular weight is 320 g/mol. The van der Waals surface area contributed by atoms with Crippen molar-refractivity contribution in [2.75, 3.05) is 0 Å². The van der Waals surface area contributed by atoms with Crippen LogP contribution < -0.4 is 0 Å². The van der Waals surface area contributed by atoms with Crippen molar-refractivity contribution in [2.45, 2.75) is 77.6 Å². The smallest absolute Gasteiger partial charge is 0.192 e. The van der Waals surface area contributed by atoms with Gasteiger partial charge in [0, 0.05) is 12.8 Å². The van der Waals surface area contributed by atoms with Crippen LogP contribution in [0.2, 0.25) is 18.1 Å². The Hall–Kier alpha value is -1.03. The summed E-state index contributed by atoms with van der Waals surface area (Å²) in [5.41, 5.74) is 0. The fourth-order valence-corrected chi connectivity index (χ4v) is 3.66. The first-order chi connectivity index (χ1) is 10.1. The van der Waals surface area contributed by atoms with Gasteiger partial charge in [-0.3, -0.25) is 0 Å². The van der Waals surface area contributed by atoms with Crippen molar-refractivity contribution >= 4 is 8.32 Å². The molecule has 0 aliphatic rings. The zero-order valence-electron chi connectivity index (χ0n) is 15.3. The van der Waals surface area contributed by atoms with E-state index >= 15 is 0 Å². The van der Waals surface area contributed by atoms with Crippen LogP contribution in [0.5, 0.6) is 0 Å². The second-order valence-electron chi connectivity index (χ2n) is 7.68. The molecule has 0 saturated heterocycles. The van der Waals surface area contributed by atoms with E-state index < -0.39 is 8.32 Å². The van der Waals surface area contributed by atoms with Gasteiger partial charge in [0.2, 0.25) is 0 Å². The maximum absolute atomic E-state index is 8.78. The van der Waals surface area contributed by atoms with Gasteiger partial charge in [0.15, 0.2) is 8.32 Å². The summed E-state index contributed by atoms with van der Waals surface area (Å²) in [7, 11) is -1.86. The summed E-state index contributed by atoms with van der Waals surface area (Å²) in [6.45, 7) is 17.4. The van der Waals surface area contributed by atoms with Crippen molar-refractivity contribution in [1.82, 2.24) is 0 Å². The number of nitriles is 1. The molecule has 0 aliphatic heterocycles. The highest BCUT2D eigenvalue weighted by atomic mass is 28.4. The normalized spacial score (nSPS) is 16.2. The molecule has 0 unspecified atom stereocenters. The van der Waals surface area contributed by atoms with E-state index in [1.165, 1.54) is 0 Å². The molecule has 0 amide bonds. The van der Waals surface area contributed by atoms with E-state index in [9.17, 15) is 0 Å². The zero-order chi connectivity index (χ0) is 17.4. The average Bonchev–Trinajstić information content (AvgIpc) is 2.40. The fraction of sp³-hybridized carbons (Fsp3) is 0.737. The molecule has 22 heavy (non-hydrogen) atoms. The largest absolute Gasteiger partial charge is 0.410 e. The second kappa shape index (κ2) is 9.18. The van der Waals surface area contributed by atoms with Crippen molar-refractivity contribution < 1.29 is 4.43 Å². The van der Waals surface area contributed by atoms with Crippen molar-refractivity contribution in [3.8, 4) is 18.4 Å². The third kappa shape index (κ3) is 6.38. The topological polar surface area (TPSA) is 33.0 Å². The Morgan fingerprint density at radius 3 is 2.36 bits per heavy atom. The SMILES string of the molecule is C#CC[C@@H](C)[C@H](CCCC#N)[C@@H](C=C)O[Si](C)(C)C(C)(C)C. The highest BCUT2D eigenvalue weighted by molar-refractivity contribution is 6.74. The van der Waals surface area contributed by atoms with Crippen LogP contribution in [0.1, 0.15) is 53.4 Å². The number of hydrogen-bond donors (Lipinski definition) is 0. The predicted octanol–water partition coefficient (Wildman–Crippen LogP) is 5.53. The molecule has 0 aromatic carbocycles. The van der Waals surface area contributed by atoms with Crippen LogP contribution in [0.3, 0.4) is 0 Å². The molecule has 0 saturated carbocycles. The van der Waals surface area contributed by atoms with Gasteiger partial charge >= 0.3 is 0 Å². The van der Waals surface area contributed by atoms with Gasteiger partial charge in [0.05, 0.1) is 12.2 Å². The molecule has 0 aromatic rings. The van der Waals surface area contributed by atoms with Gasteiger partial charge in [-0.05, 0) is 42.8 Å². The number of hydrogen-bond acceptors (Lipinski definition) is 2. The Balaban J connectivity index is 5.17. The molecule has 0 bridgehead atoms. The molecule has 0 aromatic heterocycles. The third-order valence-corrected chi connectivity index (χ3v) is 9.36. The van der Waals surface area contributed by atoms with Crippen LogP contribution in [0.4, 0.5) is 0 Å². The lowest BCUT2D eigenvalue weighted by molar-refractivity contribution is 0.118. The first kappa shape index (κ1) is 21.0. The minimum Gasteiger partial charge on any atom is -0.410 e. The molecule has 0 fully saturated rings. The highest BCUT2D eigenvalue weighted by Crippen LogP contribution is 2.39. The summed E-state index contributed by atoms with van der Waals surface area (Å²) in [5, 5.41) is 8.95. The lowest BCUT2D eigenvalue weighted by Gasteiger charge is -2.41. The lowest BCUT2D eigenvalue weighted by atomic mass is 9.83. The van der Waals surface area contributed by atoms with Crippen LogP contribution in [0.15, 0.2) is 12.7 Å². The van der Waals surface area contributed by atoms with Gasteiger partial charge in [-0.2, -0.15) is 5.26 Å². The van der Waals surface area contributed by atoms with E-state index in [0.29, 0.717) is 18.3 Å². The molecule has 0 heterocycles. The summed E-state index contributed by atoms with van der Waals surface area (Å²) >= 11 is 0. The second-order valence-corrected chi connectivity index (χ2v) is 12.4. The maximum atomic E-state index is 8.78. The van der Waals surface area contributed by atoms with E-state index in [2.05, 4.69) is 59.4 Å². The Morgan fingerprint density at radius 1 is 1.36 bits per heavy atom. The third-order valence-electron chi connectivity index (χ3n) is 4.89. The first-order valence-corrected chi connectivity index (χ1v) is 11.1. The lowest BCUT2D eigenvalue weighted by Crippen LogP contribution is -2.46. The van der Waals surface area contributed by atoms with E-state index in [4.69, 9.17) is 16.1 Å². The predicted molar refractivity (Wildman–Crippen MR) is 97.8 cm³/mol. The first-order valence-electron chi connectivity index (χ1n) is 8.21. The molecule has 124 valence electrons. The monoisotopic (exact) mass is 319 g/mol. The van der Waals surface area contributed by atoms with Gasteiger partial charge in [0.25, 0.3) is 0 Å². The van der Waals surface area contributed by atoms with Gasteiger partial charge in [0.1, 0.15) is 0 Å². The van der Waals surface area contributed by atoms with Gasteiger partial charge in [-0.1, -0.05) is 33.8 Å². The molecule has 2 nitrogen and oxygen atoms in total.